The zero-order valence-corrected chi connectivity index (χ0v) is 15.4. The molecule has 1 saturated heterocycles. The van der Waals surface area contributed by atoms with E-state index < -0.39 is 0 Å². The first-order valence-corrected chi connectivity index (χ1v) is 9.36. The van der Waals surface area contributed by atoms with Crippen LogP contribution in [0.15, 0.2) is 17.6 Å². The largest absolute Gasteiger partial charge is 0.384 e. The van der Waals surface area contributed by atoms with E-state index in [0.29, 0.717) is 24.7 Å². The van der Waals surface area contributed by atoms with Crippen LogP contribution in [0.2, 0.25) is 0 Å². The molecule has 1 atom stereocenters. The van der Waals surface area contributed by atoms with Crippen LogP contribution in [-0.2, 0) is 9.53 Å². The molecule has 1 N–H and O–H groups in total. The van der Waals surface area contributed by atoms with Crippen LogP contribution in [0.3, 0.4) is 0 Å². The summed E-state index contributed by atoms with van der Waals surface area (Å²) in [7, 11) is 1.62. The fourth-order valence-corrected chi connectivity index (χ4v) is 3.63. The monoisotopic (exact) mass is 361 g/mol. The molecule has 2 aromatic rings. The zero-order valence-electron chi connectivity index (χ0n) is 14.6. The summed E-state index contributed by atoms with van der Waals surface area (Å²) in [5.41, 5.74) is 0.886. The van der Waals surface area contributed by atoms with E-state index in [-0.39, 0.29) is 11.9 Å². The van der Waals surface area contributed by atoms with Crippen molar-refractivity contribution in [2.75, 3.05) is 25.6 Å². The van der Waals surface area contributed by atoms with E-state index in [1.54, 1.807) is 13.3 Å². The fraction of sp³-hybridized carbons (Fsp3) is 0.529. The van der Waals surface area contributed by atoms with E-state index in [2.05, 4.69) is 20.3 Å². The molecular formula is C17H23N5O2S. The van der Waals surface area contributed by atoms with Crippen molar-refractivity contribution in [3.8, 4) is 0 Å². The van der Waals surface area contributed by atoms with Gasteiger partial charge >= 0.3 is 0 Å². The average Bonchev–Trinajstić information content (AvgIpc) is 3.12. The quantitative estimate of drug-likeness (QED) is 0.852. The van der Waals surface area contributed by atoms with Crippen LogP contribution in [-0.4, -0.2) is 46.0 Å². The number of likely N-dealkylation sites (tertiary alicyclic amines) is 1. The Hall–Kier alpha value is -2.06. The minimum absolute atomic E-state index is 0.00310. The highest BCUT2D eigenvalue weighted by molar-refractivity contribution is 7.13. The highest BCUT2D eigenvalue weighted by Crippen LogP contribution is 2.31. The lowest BCUT2D eigenvalue weighted by Crippen LogP contribution is -2.39. The summed E-state index contributed by atoms with van der Waals surface area (Å²) in [6.45, 7) is 3.09. The topological polar surface area (TPSA) is 80.2 Å². The lowest BCUT2D eigenvalue weighted by molar-refractivity contribution is -0.136. The molecule has 3 rings (SSSR count). The summed E-state index contributed by atoms with van der Waals surface area (Å²) in [4.78, 5) is 27.8. The third kappa shape index (κ3) is 4.52. The third-order valence-electron chi connectivity index (χ3n) is 4.21. The van der Waals surface area contributed by atoms with Crippen molar-refractivity contribution in [3.05, 3.63) is 29.2 Å². The number of anilines is 2. The molecule has 0 saturated carbocycles. The van der Waals surface area contributed by atoms with Gasteiger partial charge in [-0.05, 0) is 26.2 Å². The number of carbonyl (C=O) groups excluding carboxylic acids is 1. The molecule has 0 aliphatic carbocycles. The molecule has 3 heterocycles. The first-order valence-electron chi connectivity index (χ1n) is 8.48. The first kappa shape index (κ1) is 17.8. The van der Waals surface area contributed by atoms with Crippen LogP contribution >= 0.6 is 11.3 Å². The smallest absolute Gasteiger partial charge is 0.225 e. The normalized spacial score (nSPS) is 17.5. The van der Waals surface area contributed by atoms with Crippen LogP contribution in [0.1, 0.15) is 43.2 Å². The summed E-state index contributed by atoms with van der Waals surface area (Å²) in [6.07, 6.45) is 5.20. The molecule has 0 spiro atoms. The molecule has 7 nitrogen and oxygen atoms in total. The number of nitrogens with zero attached hydrogens (tertiary/aromatic N) is 4. The van der Waals surface area contributed by atoms with Crippen LogP contribution in [0.4, 0.5) is 10.9 Å². The van der Waals surface area contributed by atoms with Gasteiger partial charge in [-0.2, -0.15) is 0 Å². The van der Waals surface area contributed by atoms with Gasteiger partial charge in [-0.15, -0.1) is 11.3 Å². The fourth-order valence-electron chi connectivity index (χ4n) is 3.09. The van der Waals surface area contributed by atoms with Gasteiger partial charge in [-0.1, -0.05) is 0 Å². The molecule has 8 heteroatoms. The number of carbonyl (C=O) groups is 1. The first-order chi connectivity index (χ1) is 12.2. The maximum Gasteiger partial charge on any atom is 0.225 e. The maximum absolute atomic E-state index is 12.5. The van der Waals surface area contributed by atoms with Crippen molar-refractivity contribution < 1.29 is 9.53 Å². The molecular weight excluding hydrogens is 338 g/mol. The van der Waals surface area contributed by atoms with Gasteiger partial charge in [0.1, 0.15) is 11.6 Å². The molecule has 1 amide bonds. The molecule has 1 fully saturated rings. The number of aryl methyl sites for hydroxylation is 1. The van der Waals surface area contributed by atoms with E-state index >= 15 is 0 Å². The van der Waals surface area contributed by atoms with Gasteiger partial charge in [0.15, 0.2) is 5.13 Å². The Balaban J connectivity index is 1.82. The summed E-state index contributed by atoms with van der Waals surface area (Å²) in [5, 5.41) is 5.92. The van der Waals surface area contributed by atoms with Crippen molar-refractivity contribution in [3.63, 3.8) is 0 Å². The third-order valence-corrected chi connectivity index (χ3v) is 4.90. The highest BCUT2D eigenvalue weighted by atomic mass is 32.1. The van der Waals surface area contributed by atoms with E-state index in [0.717, 1.165) is 36.6 Å². The van der Waals surface area contributed by atoms with Crippen LogP contribution in [0, 0.1) is 6.92 Å². The Bertz CT molecular complexity index is 707. The summed E-state index contributed by atoms with van der Waals surface area (Å²) in [6, 6.07) is 1.93. The number of amides is 1. The van der Waals surface area contributed by atoms with Gasteiger partial charge in [0.25, 0.3) is 0 Å². The zero-order chi connectivity index (χ0) is 17.6. The summed E-state index contributed by atoms with van der Waals surface area (Å²) in [5.74, 6) is 1.52. The second-order valence-electron chi connectivity index (χ2n) is 6.03. The molecule has 0 bridgehead atoms. The number of methoxy groups -OCH3 is 1. The van der Waals surface area contributed by atoms with Gasteiger partial charge in [-0.25, -0.2) is 15.0 Å². The van der Waals surface area contributed by atoms with E-state index in [1.807, 2.05) is 23.3 Å². The number of piperidine rings is 1. The standard InChI is InChI=1S/C17H23N5O2S/c1-12-19-13(11-15(20-12)21-17-18-7-10-25-17)14-5-3-4-8-22(14)16(23)6-9-24-2/h7,10-11,14H,3-6,8-9H2,1-2H3,(H,18,19,20,21). The van der Waals surface area contributed by atoms with Gasteiger partial charge in [0.05, 0.1) is 24.8 Å². The van der Waals surface area contributed by atoms with Gasteiger partial charge in [-0.3, -0.25) is 4.79 Å². The van der Waals surface area contributed by atoms with E-state index in [9.17, 15) is 4.79 Å². The Kier molecular flexibility index (Phi) is 5.93. The number of rotatable bonds is 6. The number of thiazole rings is 1. The number of ether oxygens (including phenoxy) is 1. The van der Waals surface area contributed by atoms with Crippen LogP contribution < -0.4 is 5.32 Å². The molecule has 1 unspecified atom stereocenters. The number of aromatic nitrogens is 3. The van der Waals surface area contributed by atoms with E-state index in [4.69, 9.17) is 4.74 Å². The molecule has 0 radical (unpaired) electrons. The number of nitrogens with one attached hydrogen (secondary N) is 1. The lowest BCUT2D eigenvalue weighted by Gasteiger charge is -2.35. The van der Waals surface area contributed by atoms with Crippen molar-refractivity contribution in [2.45, 2.75) is 38.6 Å². The Morgan fingerprint density at radius 2 is 2.32 bits per heavy atom. The second-order valence-corrected chi connectivity index (χ2v) is 6.92. The van der Waals surface area contributed by atoms with Crippen molar-refractivity contribution in [2.24, 2.45) is 0 Å². The number of hydrogen-bond donors (Lipinski definition) is 1. The highest BCUT2D eigenvalue weighted by Gasteiger charge is 2.29. The Morgan fingerprint density at radius 3 is 3.08 bits per heavy atom. The molecule has 0 aromatic carbocycles. The summed E-state index contributed by atoms with van der Waals surface area (Å²) >= 11 is 1.52. The number of hydrogen-bond acceptors (Lipinski definition) is 7. The molecule has 134 valence electrons. The molecule has 1 aliphatic rings. The second kappa shape index (κ2) is 8.35. The maximum atomic E-state index is 12.5. The summed E-state index contributed by atoms with van der Waals surface area (Å²) < 4.78 is 5.05. The predicted octanol–water partition coefficient (Wildman–Crippen LogP) is 3.08. The van der Waals surface area contributed by atoms with Crippen molar-refractivity contribution in [1.82, 2.24) is 19.9 Å². The van der Waals surface area contributed by atoms with Gasteiger partial charge in [0, 0.05) is 31.3 Å². The minimum atomic E-state index is -0.00310. The molecule has 2 aromatic heterocycles. The SMILES string of the molecule is COCCC(=O)N1CCCCC1c1cc(Nc2nccs2)nc(C)n1. The predicted molar refractivity (Wildman–Crippen MR) is 97.0 cm³/mol. The van der Waals surface area contributed by atoms with Crippen LogP contribution in [0.25, 0.3) is 0 Å². The van der Waals surface area contributed by atoms with Crippen molar-refractivity contribution in [1.29, 1.82) is 0 Å². The van der Waals surface area contributed by atoms with Crippen molar-refractivity contribution >= 4 is 28.2 Å². The van der Waals surface area contributed by atoms with Gasteiger partial charge < -0.3 is 15.0 Å². The lowest BCUT2D eigenvalue weighted by atomic mass is 9.98. The Labute approximate surface area is 151 Å². The van der Waals surface area contributed by atoms with E-state index in [1.165, 1.54) is 11.3 Å². The molecule has 1 aliphatic heterocycles. The van der Waals surface area contributed by atoms with Crippen LogP contribution in [0.5, 0.6) is 0 Å². The average molecular weight is 361 g/mol. The van der Waals surface area contributed by atoms with Gasteiger partial charge in [0.2, 0.25) is 5.91 Å². The molecule has 25 heavy (non-hydrogen) atoms. The Morgan fingerprint density at radius 1 is 1.44 bits per heavy atom. The minimum Gasteiger partial charge on any atom is -0.384 e.